The van der Waals surface area contributed by atoms with E-state index in [1.54, 1.807) is 39.0 Å². The molecule has 2 aromatic rings. The molecule has 0 spiro atoms. The summed E-state index contributed by atoms with van der Waals surface area (Å²) in [6, 6.07) is 10.9. The molecule has 2 aromatic carbocycles. The topological polar surface area (TPSA) is 84.5 Å². The highest BCUT2D eigenvalue weighted by molar-refractivity contribution is 7.89. The van der Waals surface area contributed by atoms with Crippen molar-refractivity contribution in [1.82, 2.24) is 10.0 Å². The van der Waals surface area contributed by atoms with Gasteiger partial charge in [-0.25, -0.2) is 13.1 Å². The average Bonchev–Trinajstić information content (AvgIpc) is 2.57. The molecule has 0 saturated heterocycles. The van der Waals surface area contributed by atoms with E-state index in [4.69, 9.17) is 27.9 Å². The van der Waals surface area contributed by atoms with E-state index in [0.717, 1.165) is 5.56 Å². The molecule has 0 unspecified atom stereocenters. The maximum atomic E-state index is 12.3. The lowest BCUT2D eigenvalue weighted by Gasteiger charge is -2.20. The Morgan fingerprint density at radius 3 is 2.29 bits per heavy atom. The second-order valence-electron chi connectivity index (χ2n) is 7.13. The third-order valence-electron chi connectivity index (χ3n) is 3.44. The zero-order chi connectivity index (χ0) is 20.9. The van der Waals surface area contributed by atoms with Crippen molar-refractivity contribution in [2.75, 3.05) is 6.61 Å². The van der Waals surface area contributed by atoms with Crippen LogP contribution in [-0.4, -0.2) is 26.5 Å². The summed E-state index contributed by atoms with van der Waals surface area (Å²) < 4.78 is 32.5. The van der Waals surface area contributed by atoms with E-state index >= 15 is 0 Å². The van der Waals surface area contributed by atoms with Crippen molar-refractivity contribution in [1.29, 1.82) is 0 Å². The summed E-state index contributed by atoms with van der Waals surface area (Å²) in [5.41, 5.74) is 0.152. The predicted molar refractivity (Wildman–Crippen MR) is 110 cm³/mol. The number of amides is 1. The monoisotopic (exact) mass is 444 g/mol. The van der Waals surface area contributed by atoms with E-state index < -0.39 is 15.6 Å². The fourth-order valence-corrected chi connectivity index (χ4v) is 4.13. The van der Waals surface area contributed by atoms with E-state index in [1.165, 1.54) is 24.3 Å². The Labute approximate surface area is 175 Å². The van der Waals surface area contributed by atoms with Crippen LogP contribution in [0.1, 0.15) is 26.3 Å². The standard InChI is InChI=1S/C19H22Cl2N2O4S/c1-19(2,3)23-28(25,26)16-8-6-15(7-9-16)27-12-18(24)22-11-13-4-5-14(20)10-17(13)21/h4-10,23H,11-12H2,1-3H3,(H,22,24). The third kappa shape index (κ3) is 6.98. The first-order valence-corrected chi connectivity index (χ1v) is 10.7. The minimum absolute atomic E-state index is 0.122. The molecular formula is C19H22Cl2N2O4S. The van der Waals surface area contributed by atoms with E-state index in [0.29, 0.717) is 15.8 Å². The first-order valence-electron chi connectivity index (χ1n) is 8.44. The van der Waals surface area contributed by atoms with Crippen LogP contribution in [0.25, 0.3) is 0 Å². The normalized spacial score (nSPS) is 11.9. The summed E-state index contributed by atoms with van der Waals surface area (Å²) in [5, 5.41) is 3.68. The summed E-state index contributed by atoms with van der Waals surface area (Å²) in [6.07, 6.45) is 0. The molecule has 0 radical (unpaired) electrons. The molecule has 0 heterocycles. The lowest BCUT2D eigenvalue weighted by molar-refractivity contribution is -0.123. The van der Waals surface area contributed by atoms with Gasteiger partial charge in [0.2, 0.25) is 10.0 Å². The fraction of sp³-hybridized carbons (Fsp3) is 0.316. The quantitative estimate of drug-likeness (QED) is 0.680. The molecule has 6 nitrogen and oxygen atoms in total. The van der Waals surface area contributed by atoms with Gasteiger partial charge in [0.25, 0.3) is 5.91 Å². The number of carbonyl (C=O) groups is 1. The number of sulfonamides is 1. The number of hydrogen-bond acceptors (Lipinski definition) is 4. The van der Waals surface area contributed by atoms with Crippen molar-refractivity contribution < 1.29 is 17.9 Å². The summed E-state index contributed by atoms with van der Waals surface area (Å²) in [6.45, 7) is 5.32. The Balaban J connectivity index is 1.88. The molecule has 0 atom stereocenters. The zero-order valence-corrected chi connectivity index (χ0v) is 18.1. The number of ether oxygens (including phenoxy) is 1. The van der Waals surface area contributed by atoms with Crippen molar-refractivity contribution in [3.63, 3.8) is 0 Å². The molecule has 0 bridgehead atoms. The largest absolute Gasteiger partial charge is 0.484 e. The summed E-state index contributed by atoms with van der Waals surface area (Å²) in [4.78, 5) is 12.1. The van der Waals surface area contributed by atoms with Crippen molar-refractivity contribution >= 4 is 39.1 Å². The fourth-order valence-electron chi connectivity index (χ4n) is 2.24. The molecule has 2 N–H and O–H groups in total. The zero-order valence-electron chi connectivity index (χ0n) is 15.8. The smallest absolute Gasteiger partial charge is 0.258 e. The summed E-state index contributed by atoms with van der Waals surface area (Å²) in [7, 11) is -3.62. The van der Waals surface area contributed by atoms with Gasteiger partial charge in [0.05, 0.1) is 4.90 Å². The predicted octanol–water partition coefficient (Wildman–Crippen LogP) is 3.77. The van der Waals surface area contributed by atoms with Crippen LogP contribution in [-0.2, 0) is 21.4 Å². The van der Waals surface area contributed by atoms with Crippen LogP contribution < -0.4 is 14.8 Å². The van der Waals surface area contributed by atoms with E-state index in [-0.39, 0.29) is 24.0 Å². The number of benzene rings is 2. The molecule has 9 heteroatoms. The third-order valence-corrected chi connectivity index (χ3v) is 5.80. The first kappa shape index (κ1) is 22.5. The second kappa shape index (κ2) is 9.13. The minimum Gasteiger partial charge on any atom is -0.484 e. The minimum atomic E-state index is -3.62. The SMILES string of the molecule is CC(C)(C)NS(=O)(=O)c1ccc(OCC(=O)NCc2ccc(Cl)cc2Cl)cc1. The highest BCUT2D eigenvalue weighted by Crippen LogP contribution is 2.21. The molecule has 0 aliphatic rings. The van der Waals surface area contributed by atoms with Crippen molar-refractivity contribution in [3.8, 4) is 5.75 Å². The van der Waals surface area contributed by atoms with Crippen LogP contribution in [0.3, 0.4) is 0 Å². The Morgan fingerprint density at radius 1 is 1.07 bits per heavy atom. The number of halogens is 2. The van der Waals surface area contributed by atoms with Crippen LogP contribution >= 0.6 is 23.2 Å². The molecule has 0 saturated carbocycles. The van der Waals surface area contributed by atoms with Crippen molar-refractivity contribution in [2.45, 2.75) is 37.8 Å². The number of rotatable bonds is 7. The Hall–Kier alpha value is -1.80. The number of carbonyl (C=O) groups excluding carboxylic acids is 1. The molecule has 0 aliphatic heterocycles. The van der Waals surface area contributed by atoms with Gasteiger partial charge in [0, 0.05) is 22.1 Å². The van der Waals surface area contributed by atoms with Crippen LogP contribution in [0.2, 0.25) is 10.0 Å². The van der Waals surface area contributed by atoms with Gasteiger partial charge in [-0.2, -0.15) is 0 Å². The van der Waals surface area contributed by atoms with Gasteiger partial charge >= 0.3 is 0 Å². The van der Waals surface area contributed by atoms with Gasteiger partial charge in [-0.1, -0.05) is 29.3 Å². The Kier molecular flexibility index (Phi) is 7.33. The Morgan fingerprint density at radius 2 is 1.71 bits per heavy atom. The highest BCUT2D eigenvalue weighted by atomic mass is 35.5. The summed E-state index contributed by atoms with van der Waals surface area (Å²) in [5.74, 6) is 0.0477. The van der Waals surface area contributed by atoms with Crippen LogP contribution in [0.4, 0.5) is 0 Å². The van der Waals surface area contributed by atoms with Crippen molar-refractivity contribution in [3.05, 3.63) is 58.1 Å². The van der Waals surface area contributed by atoms with Gasteiger partial charge in [0.15, 0.2) is 6.61 Å². The van der Waals surface area contributed by atoms with Crippen LogP contribution in [0, 0.1) is 0 Å². The lowest BCUT2D eigenvalue weighted by Crippen LogP contribution is -2.40. The van der Waals surface area contributed by atoms with Crippen molar-refractivity contribution in [2.24, 2.45) is 0 Å². The highest BCUT2D eigenvalue weighted by Gasteiger charge is 2.21. The first-order chi connectivity index (χ1) is 13.0. The van der Waals surface area contributed by atoms with E-state index in [2.05, 4.69) is 10.0 Å². The van der Waals surface area contributed by atoms with Gasteiger partial charge in [0.1, 0.15) is 5.75 Å². The number of hydrogen-bond donors (Lipinski definition) is 2. The summed E-state index contributed by atoms with van der Waals surface area (Å²) >= 11 is 11.9. The van der Waals surface area contributed by atoms with Gasteiger partial charge in [-0.05, 0) is 62.7 Å². The van der Waals surface area contributed by atoms with Gasteiger partial charge in [-0.15, -0.1) is 0 Å². The second-order valence-corrected chi connectivity index (χ2v) is 9.65. The average molecular weight is 445 g/mol. The molecule has 28 heavy (non-hydrogen) atoms. The van der Waals surface area contributed by atoms with E-state index in [1.807, 2.05) is 0 Å². The molecule has 0 fully saturated rings. The molecular weight excluding hydrogens is 423 g/mol. The van der Waals surface area contributed by atoms with Gasteiger partial charge in [-0.3, -0.25) is 4.79 Å². The molecule has 152 valence electrons. The molecule has 1 amide bonds. The number of nitrogens with one attached hydrogen (secondary N) is 2. The molecule has 0 aromatic heterocycles. The Bertz CT molecular complexity index is 939. The maximum Gasteiger partial charge on any atom is 0.258 e. The van der Waals surface area contributed by atoms with Gasteiger partial charge < -0.3 is 10.1 Å². The van der Waals surface area contributed by atoms with Crippen LogP contribution in [0.15, 0.2) is 47.4 Å². The lowest BCUT2D eigenvalue weighted by atomic mass is 10.1. The van der Waals surface area contributed by atoms with E-state index in [9.17, 15) is 13.2 Å². The maximum absolute atomic E-state index is 12.3. The molecule has 0 aliphatic carbocycles. The van der Waals surface area contributed by atoms with Crippen LogP contribution in [0.5, 0.6) is 5.75 Å². The molecule has 2 rings (SSSR count).